The number of hydrogen-bond donors (Lipinski definition) is 3. The van der Waals surface area contributed by atoms with Gasteiger partial charge in [0.1, 0.15) is 12.1 Å². The molecule has 1 aliphatic heterocycles. The molecule has 0 bridgehead atoms. The second kappa shape index (κ2) is 10.5. The lowest BCUT2D eigenvalue weighted by atomic mass is 9.81. The van der Waals surface area contributed by atoms with Gasteiger partial charge in [-0.15, -0.1) is 11.3 Å². The number of aliphatic hydroxyl groups excluding tert-OH is 1. The fraction of sp³-hybridized carbons (Fsp3) is 0.750. The molecule has 1 saturated heterocycles. The molecule has 184 valence electrons. The number of carbonyl (C=O) groups excluding carboxylic acids is 3. The van der Waals surface area contributed by atoms with Crippen LogP contribution in [-0.4, -0.2) is 64.0 Å². The molecule has 8 nitrogen and oxygen atoms in total. The van der Waals surface area contributed by atoms with E-state index in [1.54, 1.807) is 11.3 Å². The van der Waals surface area contributed by atoms with E-state index < -0.39 is 23.6 Å². The zero-order valence-corrected chi connectivity index (χ0v) is 21.2. The van der Waals surface area contributed by atoms with Crippen molar-refractivity contribution in [1.29, 1.82) is 0 Å². The van der Waals surface area contributed by atoms with Gasteiger partial charge in [0.25, 0.3) is 0 Å². The lowest BCUT2D eigenvalue weighted by Crippen LogP contribution is -2.57. The van der Waals surface area contributed by atoms with Gasteiger partial charge in [0.15, 0.2) is 0 Å². The highest BCUT2D eigenvalue weighted by Gasteiger charge is 2.44. The van der Waals surface area contributed by atoms with Gasteiger partial charge in [-0.05, 0) is 49.9 Å². The van der Waals surface area contributed by atoms with Gasteiger partial charge < -0.3 is 20.6 Å². The van der Waals surface area contributed by atoms with Crippen LogP contribution in [0.15, 0.2) is 5.51 Å². The molecular weight excluding hydrogens is 440 g/mol. The Balaban J connectivity index is 1.56. The predicted octanol–water partition coefficient (Wildman–Crippen LogP) is 2.35. The number of carbonyl (C=O) groups is 3. The van der Waals surface area contributed by atoms with Gasteiger partial charge in [0, 0.05) is 31.3 Å². The molecule has 3 amide bonds. The lowest BCUT2D eigenvalue weighted by molar-refractivity contribution is -0.143. The van der Waals surface area contributed by atoms with Gasteiger partial charge in [-0.25, -0.2) is 4.98 Å². The summed E-state index contributed by atoms with van der Waals surface area (Å²) < 4.78 is 0. The number of aromatic nitrogens is 1. The molecule has 0 radical (unpaired) electrons. The average molecular weight is 479 g/mol. The lowest BCUT2D eigenvalue weighted by Gasteiger charge is -2.35. The van der Waals surface area contributed by atoms with Gasteiger partial charge in [0.2, 0.25) is 17.7 Å². The van der Waals surface area contributed by atoms with Crippen LogP contribution in [0.2, 0.25) is 0 Å². The first-order valence-corrected chi connectivity index (χ1v) is 12.8. The third kappa shape index (κ3) is 6.32. The van der Waals surface area contributed by atoms with Crippen molar-refractivity contribution in [3.8, 4) is 0 Å². The van der Waals surface area contributed by atoms with Gasteiger partial charge >= 0.3 is 0 Å². The molecule has 33 heavy (non-hydrogen) atoms. The second-order valence-electron chi connectivity index (χ2n) is 10.7. The van der Waals surface area contributed by atoms with E-state index in [0.29, 0.717) is 18.4 Å². The minimum Gasteiger partial charge on any atom is -0.391 e. The molecule has 2 fully saturated rings. The van der Waals surface area contributed by atoms with Crippen LogP contribution in [-0.2, 0) is 14.4 Å². The third-order valence-electron chi connectivity index (χ3n) is 6.89. The van der Waals surface area contributed by atoms with E-state index in [0.717, 1.165) is 31.4 Å². The number of nitrogens with one attached hydrogen (secondary N) is 2. The maximum atomic E-state index is 13.3. The molecule has 3 atom stereocenters. The zero-order chi connectivity index (χ0) is 24.3. The number of β-amino-alcohol motifs (C(OH)–C–C–N with tert-alkyl or cyclic N) is 1. The highest BCUT2D eigenvalue weighted by Crippen LogP contribution is 2.38. The average Bonchev–Trinajstić information content (AvgIpc) is 3.35. The molecule has 1 aliphatic carbocycles. The molecule has 2 aliphatic rings. The smallest absolute Gasteiger partial charge is 0.246 e. The number of aryl methyl sites for hydroxylation is 1. The van der Waals surface area contributed by atoms with Crippen LogP contribution in [0.25, 0.3) is 0 Å². The number of aliphatic hydroxyl groups is 1. The van der Waals surface area contributed by atoms with E-state index in [-0.39, 0.29) is 30.7 Å². The van der Waals surface area contributed by atoms with Crippen LogP contribution in [0.5, 0.6) is 0 Å². The predicted molar refractivity (Wildman–Crippen MR) is 128 cm³/mol. The monoisotopic (exact) mass is 478 g/mol. The van der Waals surface area contributed by atoms with Crippen molar-refractivity contribution < 1.29 is 19.5 Å². The maximum Gasteiger partial charge on any atom is 0.246 e. The quantitative estimate of drug-likeness (QED) is 0.581. The Labute approximate surface area is 200 Å². The van der Waals surface area contributed by atoms with Crippen LogP contribution in [0, 0.1) is 18.3 Å². The van der Waals surface area contributed by atoms with Crippen LogP contribution < -0.4 is 10.6 Å². The minimum atomic E-state index is -0.763. The summed E-state index contributed by atoms with van der Waals surface area (Å²) in [6, 6.07) is -1.48. The highest BCUT2D eigenvalue weighted by atomic mass is 32.1. The minimum absolute atomic E-state index is 0.0996. The Hall–Kier alpha value is -2.00. The molecular formula is C24H38N4O4S. The summed E-state index contributed by atoms with van der Waals surface area (Å²) in [5.74, 6) is 0.125. The van der Waals surface area contributed by atoms with Crippen LogP contribution >= 0.6 is 11.3 Å². The van der Waals surface area contributed by atoms with E-state index in [1.807, 2.05) is 26.3 Å². The van der Waals surface area contributed by atoms with Crippen molar-refractivity contribution in [3.05, 3.63) is 16.1 Å². The van der Waals surface area contributed by atoms with Crippen molar-refractivity contribution in [3.63, 3.8) is 0 Å². The molecule has 3 N–H and O–H groups in total. The third-order valence-corrected chi connectivity index (χ3v) is 7.98. The first-order chi connectivity index (χ1) is 15.5. The normalized spacial score (nSPS) is 26.7. The first kappa shape index (κ1) is 25.6. The number of rotatable bonds is 6. The molecule has 1 aromatic heterocycles. The first-order valence-electron chi connectivity index (χ1n) is 11.9. The Morgan fingerprint density at radius 3 is 2.45 bits per heavy atom. The van der Waals surface area contributed by atoms with E-state index in [9.17, 15) is 19.5 Å². The summed E-state index contributed by atoms with van der Waals surface area (Å²) in [6.07, 6.45) is 3.76. The fourth-order valence-corrected chi connectivity index (χ4v) is 5.99. The Bertz CT molecular complexity index is 857. The molecule has 2 heterocycles. The molecule has 0 spiro atoms. The summed E-state index contributed by atoms with van der Waals surface area (Å²) in [4.78, 5) is 45.2. The number of hydrogen-bond acceptors (Lipinski definition) is 6. The van der Waals surface area contributed by atoms with Gasteiger partial charge in [-0.3, -0.25) is 14.4 Å². The van der Waals surface area contributed by atoms with Crippen LogP contribution in [0.3, 0.4) is 0 Å². The van der Waals surface area contributed by atoms with Crippen molar-refractivity contribution in [2.75, 3.05) is 13.1 Å². The van der Waals surface area contributed by atoms with E-state index in [4.69, 9.17) is 0 Å². The highest BCUT2D eigenvalue weighted by molar-refractivity contribution is 7.09. The maximum absolute atomic E-state index is 13.3. The molecule has 0 unspecified atom stereocenters. The Morgan fingerprint density at radius 2 is 1.91 bits per heavy atom. The van der Waals surface area contributed by atoms with Crippen LogP contribution in [0.1, 0.15) is 76.3 Å². The van der Waals surface area contributed by atoms with Crippen LogP contribution in [0.4, 0.5) is 0 Å². The van der Waals surface area contributed by atoms with Gasteiger partial charge in [-0.1, -0.05) is 20.8 Å². The second-order valence-corrected chi connectivity index (χ2v) is 11.5. The van der Waals surface area contributed by atoms with Crippen molar-refractivity contribution in [1.82, 2.24) is 20.5 Å². The molecule has 1 aromatic rings. The summed E-state index contributed by atoms with van der Waals surface area (Å²) in [5, 5.41) is 16.0. The van der Waals surface area contributed by atoms with Gasteiger partial charge in [0.05, 0.1) is 17.3 Å². The van der Waals surface area contributed by atoms with Crippen molar-refractivity contribution in [2.24, 2.45) is 11.3 Å². The summed E-state index contributed by atoms with van der Waals surface area (Å²) in [6.45, 7) is 9.74. The van der Waals surface area contributed by atoms with E-state index in [1.165, 1.54) is 16.7 Å². The van der Waals surface area contributed by atoms with Crippen molar-refractivity contribution in [2.45, 2.75) is 90.8 Å². The molecule has 3 rings (SSSR count). The van der Waals surface area contributed by atoms with Gasteiger partial charge in [-0.2, -0.15) is 0 Å². The molecule has 9 heteroatoms. The standard InChI is InChI=1S/C24H38N4O4S/c1-14-20(33-13-26-14)17-8-6-16(7-9-17)11-25-22(31)19-10-18(30)12-28(19)23(32)21(24(3,4)5)27-15(2)29/h13,16-19,21,30H,6-12H2,1-5H3,(H,25,31)(H,27,29)/t16-,17-,18-,19+,21-/m1/s1. The number of amides is 3. The SMILES string of the molecule is CC(=O)N[C@H](C(=O)N1C[C@H](O)C[C@H]1C(=O)NC[C@H]1CC[C@H](c2scnc2C)CC1)C(C)(C)C. The largest absolute Gasteiger partial charge is 0.391 e. The van der Waals surface area contributed by atoms with E-state index >= 15 is 0 Å². The van der Waals surface area contributed by atoms with Crippen molar-refractivity contribution >= 4 is 29.1 Å². The zero-order valence-electron chi connectivity index (χ0n) is 20.4. The summed E-state index contributed by atoms with van der Waals surface area (Å²) >= 11 is 1.73. The molecule has 0 aromatic carbocycles. The summed E-state index contributed by atoms with van der Waals surface area (Å²) in [5.41, 5.74) is 2.52. The topological polar surface area (TPSA) is 112 Å². The number of thiazole rings is 1. The Kier molecular flexibility index (Phi) is 8.16. The number of likely N-dealkylation sites (tertiary alicyclic amines) is 1. The molecule has 1 saturated carbocycles. The number of nitrogens with zero attached hydrogens (tertiary/aromatic N) is 2. The Morgan fingerprint density at radius 1 is 1.24 bits per heavy atom. The fourth-order valence-electron chi connectivity index (χ4n) is 5.02. The summed E-state index contributed by atoms with van der Waals surface area (Å²) in [7, 11) is 0. The van der Waals surface area contributed by atoms with E-state index in [2.05, 4.69) is 22.5 Å².